The van der Waals surface area contributed by atoms with E-state index in [-0.39, 0.29) is 37.1 Å². The lowest BCUT2D eigenvalue weighted by atomic mass is 9.97. The highest BCUT2D eigenvalue weighted by Gasteiger charge is 2.53. The largest absolute Gasteiger partial charge is 0.352 e. The van der Waals surface area contributed by atoms with Crippen molar-refractivity contribution in [2.45, 2.75) is 29.9 Å². The first-order valence-corrected chi connectivity index (χ1v) is 10.6. The number of carbonyl (C=O) groups is 1. The van der Waals surface area contributed by atoms with Crippen LogP contribution in [0, 0.1) is 24.2 Å². The molecule has 1 saturated heterocycles. The number of urea groups is 1. The number of hydrogen-bond acceptors (Lipinski definition) is 6. The number of nitriles is 1. The van der Waals surface area contributed by atoms with Crippen molar-refractivity contribution in [3.63, 3.8) is 0 Å². The minimum absolute atomic E-state index is 0.00747. The molecule has 0 spiro atoms. The van der Waals surface area contributed by atoms with Crippen molar-refractivity contribution < 1.29 is 22.0 Å². The van der Waals surface area contributed by atoms with Crippen molar-refractivity contribution in [3.8, 4) is 6.07 Å². The van der Waals surface area contributed by atoms with Crippen LogP contribution in [0.15, 0.2) is 41.6 Å². The van der Waals surface area contributed by atoms with Crippen LogP contribution in [0.3, 0.4) is 0 Å². The SMILES string of the molecule is Cc1cc(C#N)ccc1S(=O)(=O)C(F)(F)C1CCN(C(=O)Nc2ccnnc2)CC1. The van der Waals surface area contributed by atoms with Gasteiger partial charge in [-0.1, -0.05) is 0 Å². The second kappa shape index (κ2) is 8.31. The molecule has 1 aliphatic heterocycles. The summed E-state index contributed by atoms with van der Waals surface area (Å²) in [5, 5.41) is 14.7. The van der Waals surface area contributed by atoms with E-state index in [2.05, 4.69) is 15.5 Å². The number of aryl methyl sites for hydroxylation is 1. The van der Waals surface area contributed by atoms with Crippen LogP contribution in [0.25, 0.3) is 0 Å². The van der Waals surface area contributed by atoms with Crippen LogP contribution in [-0.4, -0.2) is 47.9 Å². The Morgan fingerprint density at radius 2 is 1.97 bits per heavy atom. The molecule has 0 atom stereocenters. The van der Waals surface area contributed by atoms with Gasteiger partial charge in [-0.3, -0.25) is 0 Å². The van der Waals surface area contributed by atoms with Crippen LogP contribution >= 0.6 is 0 Å². The Bertz CT molecular complexity index is 1080. The van der Waals surface area contributed by atoms with Gasteiger partial charge in [0.25, 0.3) is 0 Å². The Morgan fingerprint density at radius 1 is 1.27 bits per heavy atom. The number of likely N-dealkylation sites (tertiary alicyclic amines) is 1. The number of benzene rings is 1. The number of sulfone groups is 1. The van der Waals surface area contributed by atoms with Crippen molar-refractivity contribution in [2.75, 3.05) is 18.4 Å². The number of hydrogen-bond donors (Lipinski definition) is 1. The van der Waals surface area contributed by atoms with Gasteiger partial charge in [0.2, 0.25) is 9.84 Å². The minimum atomic E-state index is -4.96. The Hall–Kier alpha value is -3.13. The molecule has 2 amide bonds. The number of aromatic nitrogens is 2. The van der Waals surface area contributed by atoms with Gasteiger partial charge in [0, 0.05) is 19.0 Å². The highest BCUT2D eigenvalue weighted by molar-refractivity contribution is 7.92. The number of rotatable bonds is 4. The van der Waals surface area contributed by atoms with Crippen molar-refractivity contribution in [1.82, 2.24) is 15.1 Å². The van der Waals surface area contributed by atoms with Crippen LogP contribution in [0.1, 0.15) is 24.0 Å². The molecule has 1 N–H and O–H groups in total. The molecule has 1 aromatic carbocycles. The normalized spacial score (nSPS) is 15.5. The van der Waals surface area contributed by atoms with Crippen LogP contribution in [0.2, 0.25) is 0 Å². The predicted molar refractivity (Wildman–Crippen MR) is 103 cm³/mol. The van der Waals surface area contributed by atoms with Gasteiger partial charge in [-0.15, -0.1) is 0 Å². The molecule has 1 aromatic heterocycles. The molecule has 2 heterocycles. The van der Waals surface area contributed by atoms with Crippen molar-refractivity contribution in [3.05, 3.63) is 47.8 Å². The van der Waals surface area contributed by atoms with E-state index >= 15 is 8.78 Å². The molecular formula is C19H19F2N5O3S. The van der Waals surface area contributed by atoms with E-state index in [0.29, 0.717) is 5.69 Å². The summed E-state index contributed by atoms with van der Waals surface area (Å²) in [4.78, 5) is 13.1. The summed E-state index contributed by atoms with van der Waals surface area (Å²) in [6.45, 7) is 1.36. The van der Waals surface area contributed by atoms with Crippen molar-refractivity contribution in [2.24, 2.45) is 5.92 Å². The van der Waals surface area contributed by atoms with E-state index < -0.39 is 31.9 Å². The van der Waals surface area contributed by atoms with E-state index in [1.165, 1.54) is 42.4 Å². The van der Waals surface area contributed by atoms with Gasteiger partial charge in [-0.05, 0) is 49.6 Å². The molecule has 1 aliphatic rings. The Labute approximate surface area is 172 Å². The molecule has 2 aromatic rings. The number of amides is 2. The second-order valence-electron chi connectivity index (χ2n) is 6.98. The molecule has 0 unspecified atom stereocenters. The van der Waals surface area contributed by atoms with Gasteiger partial charge in [-0.2, -0.15) is 24.2 Å². The van der Waals surface area contributed by atoms with Gasteiger partial charge in [0.15, 0.2) is 0 Å². The molecule has 0 saturated carbocycles. The summed E-state index contributed by atoms with van der Waals surface area (Å²) in [5.41, 5.74) is 0.705. The maximum Gasteiger partial charge on any atom is 0.352 e. The minimum Gasteiger partial charge on any atom is -0.325 e. The molecular weight excluding hydrogens is 416 g/mol. The highest BCUT2D eigenvalue weighted by atomic mass is 32.2. The Balaban J connectivity index is 1.71. The highest BCUT2D eigenvalue weighted by Crippen LogP contribution is 2.41. The Kier molecular flexibility index (Phi) is 5.98. The van der Waals surface area contributed by atoms with E-state index in [9.17, 15) is 13.2 Å². The number of piperidine rings is 1. The molecule has 158 valence electrons. The van der Waals surface area contributed by atoms with Gasteiger partial charge in [0.1, 0.15) is 0 Å². The predicted octanol–water partition coefficient (Wildman–Crippen LogP) is 2.97. The lowest BCUT2D eigenvalue weighted by molar-refractivity contribution is 0.000393. The quantitative estimate of drug-likeness (QED) is 0.789. The van der Waals surface area contributed by atoms with Gasteiger partial charge in [0.05, 0.1) is 34.6 Å². The molecule has 0 bridgehead atoms. The fourth-order valence-corrected chi connectivity index (χ4v) is 5.07. The first kappa shape index (κ1) is 21.6. The molecule has 11 heteroatoms. The average Bonchev–Trinajstić information content (AvgIpc) is 2.74. The zero-order valence-electron chi connectivity index (χ0n) is 16.0. The summed E-state index contributed by atoms with van der Waals surface area (Å²) in [6.07, 6.45) is 2.43. The fraction of sp³-hybridized carbons (Fsp3) is 0.368. The van der Waals surface area contributed by atoms with E-state index in [1.54, 1.807) is 0 Å². The maximum atomic E-state index is 15.0. The molecule has 1 fully saturated rings. The van der Waals surface area contributed by atoms with E-state index in [1.807, 2.05) is 6.07 Å². The van der Waals surface area contributed by atoms with Crippen LogP contribution in [0.4, 0.5) is 19.3 Å². The topological polar surface area (TPSA) is 116 Å². The third kappa shape index (κ3) is 4.09. The lowest BCUT2D eigenvalue weighted by Gasteiger charge is -2.35. The van der Waals surface area contributed by atoms with E-state index in [0.717, 1.165) is 6.07 Å². The molecule has 3 rings (SSSR count). The monoisotopic (exact) mass is 435 g/mol. The van der Waals surface area contributed by atoms with Crippen molar-refractivity contribution >= 4 is 21.6 Å². The summed E-state index contributed by atoms with van der Waals surface area (Å²) in [5.74, 6) is -1.43. The van der Waals surface area contributed by atoms with Crippen LogP contribution < -0.4 is 5.32 Å². The number of alkyl halides is 2. The summed E-state index contributed by atoms with van der Waals surface area (Å²) in [6, 6.07) is 6.43. The molecule has 0 radical (unpaired) electrons. The van der Waals surface area contributed by atoms with Crippen LogP contribution in [-0.2, 0) is 9.84 Å². The zero-order chi connectivity index (χ0) is 21.9. The number of nitrogens with zero attached hydrogens (tertiary/aromatic N) is 4. The fourth-order valence-electron chi connectivity index (χ4n) is 3.37. The lowest BCUT2D eigenvalue weighted by Crippen LogP contribution is -2.47. The summed E-state index contributed by atoms with van der Waals surface area (Å²) >= 11 is 0. The first-order valence-electron chi connectivity index (χ1n) is 9.12. The molecule has 0 aliphatic carbocycles. The smallest absolute Gasteiger partial charge is 0.325 e. The number of carbonyl (C=O) groups excluding carboxylic acids is 1. The number of nitrogens with one attached hydrogen (secondary N) is 1. The van der Waals surface area contributed by atoms with Gasteiger partial charge >= 0.3 is 11.3 Å². The second-order valence-corrected chi connectivity index (χ2v) is 8.97. The molecule has 30 heavy (non-hydrogen) atoms. The summed E-state index contributed by atoms with van der Waals surface area (Å²) < 4.78 is 55.4. The van der Waals surface area contributed by atoms with Gasteiger partial charge in [-0.25, -0.2) is 13.2 Å². The van der Waals surface area contributed by atoms with Crippen LogP contribution in [0.5, 0.6) is 0 Å². The third-order valence-electron chi connectivity index (χ3n) is 5.04. The molecule has 8 nitrogen and oxygen atoms in total. The maximum absolute atomic E-state index is 15.0. The third-order valence-corrected chi connectivity index (χ3v) is 7.13. The average molecular weight is 435 g/mol. The number of halogens is 2. The standard InChI is InChI=1S/C19H19F2N5O3S/c1-13-10-14(11-22)2-3-17(13)30(28,29)19(20,21)15-5-8-26(9-6-15)18(27)25-16-4-7-23-24-12-16/h2-4,7,10,12,15H,5-6,8-9H2,1H3,(H,23,25,27). The van der Waals surface area contributed by atoms with E-state index in [4.69, 9.17) is 5.26 Å². The Morgan fingerprint density at radius 3 is 2.53 bits per heavy atom. The number of anilines is 1. The first-order chi connectivity index (χ1) is 14.2. The van der Waals surface area contributed by atoms with Gasteiger partial charge < -0.3 is 10.2 Å². The zero-order valence-corrected chi connectivity index (χ0v) is 16.9. The van der Waals surface area contributed by atoms with Crippen molar-refractivity contribution in [1.29, 1.82) is 5.26 Å². The summed E-state index contributed by atoms with van der Waals surface area (Å²) in [7, 11) is -4.96.